The Morgan fingerprint density at radius 3 is 2.18 bits per heavy atom. The van der Waals surface area contributed by atoms with E-state index in [1.165, 1.54) is 6.42 Å². The fourth-order valence-corrected chi connectivity index (χ4v) is 4.73. The molecule has 1 saturated carbocycles. The van der Waals surface area contributed by atoms with E-state index in [9.17, 15) is 19.5 Å². The van der Waals surface area contributed by atoms with Gasteiger partial charge in [-0.1, -0.05) is 74.7 Å². The standard InChI is InChI=1S/C26H30N2O5/c1-16(17-7-6-8-17)14-27-25(31)23(13-24(29)30)28-26(32)33-15-22-20-11-4-2-9-18(20)19-10-3-5-12-21(19)22/h2-5,9-12,16-17,22-23H,6-8,13-15H2,1H3,(H,27,31)(H,28,32)(H,29,30). The molecule has 0 aromatic heterocycles. The van der Waals surface area contributed by atoms with E-state index in [2.05, 4.69) is 17.6 Å². The molecule has 1 fully saturated rings. The Bertz CT molecular complexity index is 987. The van der Waals surface area contributed by atoms with Crippen molar-refractivity contribution in [2.45, 2.75) is 44.6 Å². The maximum Gasteiger partial charge on any atom is 0.407 e. The Hall–Kier alpha value is -3.35. The number of rotatable bonds is 9. The third-order valence-electron chi connectivity index (χ3n) is 6.88. The molecular weight excluding hydrogens is 420 g/mol. The highest BCUT2D eigenvalue weighted by atomic mass is 16.5. The van der Waals surface area contributed by atoms with Crippen molar-refractivity contribution in [3.05, 3.63) is 59.7 Å². The van der Waals surface area contributed by atoms with Gasteiger partial charge >= 0.3 is 12.1 Å². The minimum absolute atomic E-state index is 0.0972. The van der Waals surface area contributed by atoms with Crippen LogP contribution < -0.4 is 10.6 Å². The number of hydrogen-bond acceptors (Lipinski definition) is 4. The molecule has 2 amide bonds. The predicted octanol–water partition coefficient (Wildman–Crippen LogP) is 3.92. The number of hydrogen-bond donors (Lipinski definition) is 3. The maximum atomic E-state index is 12.6. The number of carbonyl (C=O) groups excluding carboxylic acids is 2. The average Bonchev–Trinajstić information content (AvgIpc) is 3.08. The molecule has 7 nitrogen and oxygen atoms in total. The molecule has 2 aromatic carbocycles. The molecule has 0 radical (unpaired) electrons. The van der Waals surface area contributed by atoms with Crippen molar-refractivity contribution in [3.8, 4) is 11.1 Å². The highest BCUT2D eigenvalue weighted by molar-refractivity contribution is 5.89. The largest absolute Gasteiger partial charge is 0.481 e. The van der Waals surface area contributed by atoms with Gasteiger partial charge in [-0.2, -0.15) is 0 Å². The second-order valence-corrected chi connectivity index (χ2v) is 9.03. The van der Waals surface area contributed by atoms with Crippen molar-refractivity contribution in [2.24, 2.45) is 11.8 Å². The van der Waals surface area contributed by atoms with Gasteiger partial charge in [0, 0.05) is 12.5 Å². The number of benzene rings is 2. The van der Waals surface area contributed by atoms with Crippen molar-refractivity contribution < 1.29 is 24.2 Å². The second-order valence-electron chi connectivity index (χ2n) is 9.03. The third kappa shape index (κ3) is 5.18. The van der Waals surface area contributed by atoms with Crippen LogP contribution in [-0.4, -0.2) is 42.3 Å². The van der Waals surface area contributed by atoms with E-state index in [0.29, 0.717) is 18.4 Å². The minimum Gasteiger partial charge on any atom is -0.481 e. The van der Waals surface area contributed by atoms with Gasteiger partial charge in [0.2, 0.25) is 5.91 Å². The Morgan fingerprint density at radius 2 is 1.64 bits per heavy atom. The first-order valence-electron chi connectivity index (χ1n) is 11.5. The SMILES string of the molecule is CC(CNC(=O)C(CC(=O)O)NC(=O)OCC1c2ccccc2-c2ccccc21)C1CCC1. The van der Waals surface area contributed by atoms with Crippen molar-refractivity contribution in [3.63, 3.8) is 0 Å². The van der Waals surface area contributed by atoms with Crippen LogP contribution in [0.2, 0.25) is 0 Å². The van der Waals surface area contributed by atoms with Gasteiger partial charge in [-0.25, -0.2) is 4.79 Å². The van der Waals surface area contributed by atoms with Gasteiger partial charge in [-0.3, -0.25) is 9.59 Å². The average molecular weight is 451 g/mol. The van der Waals surface area contributed by atoms with Crippen LogP contribution in [0, 0.1) is 11.8 Å². The fraction of sp³-hybridized carbons (Fsp3) is 0.423. The molecule has 4 rings (SSSR count). The molecule has 174 valence electrons. The maximum absolute atomic E-state index is 12.6. The summed E-state index contributed by atoms with van der Waals surface area (Å²) in [6.07, 6.45) is 2.23. The van der Waals surface area contributed by atoms with Crippen LogP contribution in [0.25, 0.3) is 11.1 Å². The summed E-state index contributed by atoms with van der Waals surface area (Å²) in [6.45, 7) is 2.64. The molecule has 0 spiro atoms. The second kappa shape index (κ2) is 10.1. The first-order chi connectivity index (χ1) is 15.9. The number of ether oxygens (including phenoxy) is 1. The lowest BCUT2D eigenvalue weighted by molar-refractivity contribution is -0.139. The predicted molar refractivity (Wildman–Crippen MR) is 124 cm³/mol. The minimum atomic E-state index is -1.19. The first-order valence-corrected chi connectivity index (χ1v) is 11.5. The molecule has 2 unspecified atom stereocenters. The van der Waals surface area contributed by atoms with E-state index in [0.717, 1.165) is 35.1 Å². The van der Waals surface area contributed by atoms with Crippen molar-refractivity contribution in [2.75, 3.05) is 13.2 Å². The number of fused-ring (bicyclic) bond motifs is 3. The van der Waals surface area contributed by atoms with Gasteiger partial charge in [-0.15, -0.1) is 0 Å². The molecule has 2 aliphatic rings. The molecule has 33 heavy (non-hydrogen) atoms. The van der Waals surface area contributed by atoms with Gasteiger partial charge in [0.25, 0.3) is 0 Å². The van der Waals surface area contributed by atoms with Crippen LogP contribution >= 0.6 is 0 Å². The summed E-state index contributed by atoms with van der Waals surface area (Å²) in [5.41, 5.74) is 4.39. The third-order valence-corrected chi connectivity index (χ3v) is 6.88. The summed E-state index contributed by atoms with van der Waals surface area (Å²) < 4.78 is 5.47. The molecule has 2 aromatic rings. The Labute approximate surface area is 193 Å². The molecule has 0 saturated heterocycles. The van der Waals surface area contributed by atoms with E-state index >= 15 is 0 Å². The monoisotopic (exact) mass is 450 g/mol. The van der Waals surface area contributed by atoms with E-state index in [1.807, 2.05) is 48.5 Å². The molecular formula is C26H30N2O5. The number of nitrogens with one attached hydrogen (secondary N) is 2. The fourth-order valence-electron chi connectivity index (χ4n) is 4.73. The van der Waals surface area contributed by atoms with Crippen LogP contribution in [0.1, 0.15) is 49.7 Å². The van der Waals surface area contributed by atoms with Gasteiger partial charge in [0.05, 0.1) is 6.42 Å². The lowest BCUT2D eigenvalue weighted by Gasteiger charge is -2.31. The number of aliphatic carboxylic acids is 1. The summed E-state index contributed by atoms with van der Waals surface area (Å²) in [5, 5.41) is 14.4. The van der Waals surface area contributed by atoms with Crippen molar-refractivity contribution in [1.29, 1.82) is 0 Å². The highest BCUT2D eigenvalue weighted by Crippen LogP contribution is 2.44. The zero-order valence-corrected chi connectivity index (χ0v) is 18.8. The normalized spacial score (nSPS) is 16.6. The molecule has 3 N–H and O–H groups in total. The highest BCUT2D eigenvalue weighted by Gasteiger charge is 2.31. The number of carboxylic acids is 1. The summed E-state index contributed by atoms with van der Waals surface area (Å²) >= 11 is 0. The summed E-state index contributed by atoms with van der Waals surface area (Å²) in [7, 11) is 0. The number of amides is 2. The Kier molecular flexibility index (Phi) is 6.96. The van der Waals surface area contributed by atoms with Gasteiger partial charge in [0.1, 0.15) is 12.6 Å². The smallest absolute Gasteiger partial charge is 0.407 e. The van der Waals surface area contributed by atoms with Crippen LogP contribution in [0.15, 0.2) is 48.5 Å². The topological polar surface area (TPSA) is 105 Å². The van der Waals surface area contributed by atoms with E-state index in [-0.39, 0.29) is 12.5 Å². The van der Waals surface area contributed by atoms with Crippen molar-refractivity contribution in [1.82, 2.24) is 10.6 Å². The van der Waals surface area contributed by atoms with Crippen LogP contribution in [0.5, 0.6) is 0 Å². The van der Waals surface area contributed by atoms with Crippen LogP contribution in [0.3, 0.4) is 0 Å². The lowest BCUT2D eigenvalue weighted by atomic mass is 9.77. The van der Waals surface area contributed by atoms with E-state index in [1.54, 1.807) is 0 Å². The van der Waals surface area contributed by atoms with E-state index < -0.39 is 30.4 Å². The quantitative estimate of drug-likeness (QED) is 0.537. The summed E-state index contributed by atoms with van der Waals surface area (Å²) in [4.78, 5) is 36.4. The van der Waals surface area contributed by atoms with Gasteiger partial charge < -0.3 is 20.5 Å². The van der Waals surface area contributed by atoms with Gasteiger partial charge in [0.15, 0.2) is 0 Å². The summed E-state index contributed by atoms with van der Waals surface area (Å²) in [5.74, 6) is -0.864. The zero-order valence-electron chi connectivity index (χ0n) is 18.8. The molecule has 7 heteroatoms. The Balaban J connectivity index is 1.35. The lowest BCUT2D eigenvalue weighted by Crippen LogP contribution is -2.49. The number of alkyl carbamates (subject to hydrolysis) is 1. The molecule has 2 aliphatic carbocycles. The van der Waals surface area contributed by atoms with Crippen LogP contribution in [-0.2, 0) is 14.3 Å². The molecule has 0 bridgehead atoms. The number of carbonyl (C=O) groups is 3. The molecule has 0 heterocycles. The Morgan fingerprint density at radius 1 is 1.03 bits per heavy atom. The van der Waals surface area contributed by atoms with Crippen molar-refractivity contribution >= 4 is 18.0 Å². The molecule has 2 atom stereocenters. The van der Waals surface area contributed by atoms with E-state index in [4.69, 9.17) is 4.74 Å². The summed E-state index contributed by atoms with van der Waals surface area (Å²) in [6, 6.07) is 14.8. The van der Waals surface area contributed by atoms with Crippen LogP contribution in [0.4, 0.5) is 4.79 Å². The van der Waals surface area contributed by atoms with Gasteiger partial charge in [-0.05, 0) is 34.1 Å². The first kappa shape index (κ1) is 22.8. The molecule has 0 aliphatic heterocycles. The number of carboxylic acid groups (broad SMARTS) is 1. The zero-order chi connectivity index (χ0) is 23.4.